The lowest BCUT2D eigenvalue weighted by molar-refractivity contribution is -0.126. The Hall–Kier alpha value is -3.48. The SMILES string of the molecule is CCc1ccc(Oc2cc(N3CCC(C(=O)NC(C)c4ccc(F)cc4)CC3)ncn2)cc1. The smallest absolute Gasteiger partial charge is 0.224 e. The van der Waals surface area contributed by atoms with Crippen LogP contribution in [0.3, 0.4) is 0 Å². The molecule has 1 atom stereocenters. The van der Waals surface area contributed by atoms with Crippen LogP contribution >= 0.6 is 0 Å². The summed E-state index contributed by atoms with van der Waals surface area (Å²) in [5.74, 6) is 1.73. The van der Waals surface area contributed by atoms with Crippen molar-refractivity contribution in [3.63, 3.8) is 0 Å². The van der Waals surface area contributed by atoms with Gasteiger partial charge in [-0.15, -0.1) is 0 Å². The van der Waals surface area contributed by atoms with Crippen LogP contribution < -0.4 is 15.0 Å². The van der Waals surface area contributed by atoms with E-state index in [9.17, 15) is 9.18 Å². The summed E-state index contributed by atoms with van der Waals surface area (Å²) >= 11 is 0. The van der Waals surface area contributed by atoms with Gasteiger partial charge in [-0.2, -0.15) is 0 Å². The lowest BCUT2D eigenvalue weighted by atomic mass is 9.95. The molecule has 0 aliphatic carbocycles. The number of nitrogens with zero attached hydrogens (tertiary/aromatic N) is 3. The predicted molar refractivity (Wildman–Crippen MR) is 126 cm³/mol. The Kier molecular flexibility index (Phi) is 7.17. The standard InChI is InChI=1S/C26H29FN4O2/c1-3-19-4-10-23(11-5-19)33-25-16-24(28-17-29-25)31-14-12-21(13-15-31)26(32)30-18(2)20-6-8-22(27)9-7-20/h4-11,16-18,21H,3,12-15H2,1-2H3,(H,30,32). The van der Waals surface area contributed by atoms with E-state index in [1.807, 2.05) is 37.3 Å². The number of benzene rings is 2. The number of hydrogen-bond acceptors (Lipinski definition) is 5. The minimum absolute atomic E-state index is 0.0358. The van der Waals surface area contributed by atoms with Crippen LogP contribution in [0, 0.1) is 11.7 Å². The molecule has 0 bridgehead atoms. The van der Waals surface area contributed by atoms with Gasteiger partial charge in [-0.1, -0.05) is 31.2 Å². The number of carbonyl (C=O) groups excluding carboxylic acids is 1. The van der Waals surface area contributed by atoms with Crippen LogP contribution in [0.4, 0.5) is 10.2 Å². The van der Waals surface area contributed by atoms with E-state index >= 15 is 0 Å². The highest BCUT2D eigenvalue weighted by molar-refractivity contribution is 5.79. The molecule has 6 nitrogen and oxygen atoms in total. The molecule has 1 aliphatic rings. The van der Waals surface area contributed by atoms with E-state index < -0.39 is 0 Å². The molecule has 0 radical (unpaired) electrons. The van der Waals surface area contributed by atoms with E-state index in [2.05, 4.69) is 27.1 Å². The maximum absolute atomic E-state index is 13.1. The van der Waals surface area contributed by atoms with Crippen molar-refractivity contribution in [1.82, 2.24) is 15.3 Å². The molecule has 0 spiro atoms. The van der Waals surface area contributed by atoms with Crippen molar-refractivity contribution >= 4 is 11.7 Å². The van der Waals surface area contributed by atoms with Gasteiger partial charge in [-0.05, 0) is 61.6 Å². The Morgan fingerprint density at radius 2 is 1.82 bits per heavy atom. The topological polar surface area (TPSA) is 67.3 Å². The lowest BCUT2D eigenvalue weighted by Crippen LogP contribution is -2.41. The summed E-state index contributed by atoms with van der Waals surface area (Å²) in [4.78, 5) is 23.5. The van der Waals surface area contributed by atoms with Crippen LogP contribution in [0.15, 0.2) is 60.9 Å². The van der Waals surface area contributed by atoms with Crippen molar-refractivity contribution in [3.8, 4) is 11.6 Å². The molecule has 2 heterocycles. The number of piperidine rings is 1. The monoisotopic (exact) mass is 448 g/mol. The first-order valence-corrected chi connectivity index (χ1v) is 11.4. The molecule has 33 heavy (non-hydrogen) atoms. The van der Waals surface area contributed by atoms with Crippen molar-refractivity contribution in [3.05, 3.63) is 77.9 Å². The van der Waals surface area contributed by atoms with Gasteiger partial charge in [0.1, 0.15) is 23.7 Å². The minimum Gasteiger partial charge on any atom is -0.439 e. The maximum atomic E-state index is 13.1. The lowest BCUT2D eigenvalue weighted by Gasteiger charge is -2.32. The average Bonchev–Trinajstić information content (AvgIpc) is 2.85. The molecule has 1 N–H and O–H groups in total. The minimum atomic E-state index is -0.280. The average molecular weight is 449 g/mol. The quantitative estimate of drug-likeness (QED) is 0.547. The third kappa shape index (κ3) is 5.86. The van der Waals surface area contributed by atoms with Gasteiger partial charge in [0.15, 0.2) is 0 Å². The first-order chi connectivity index (χ1) is 16.0. The van der Waals surface area contributed by atoms with Crippen molar-refractivity contribution in [2.75, 3.05) is 18.0 Å². The number of hydrogen-bond donors (Lipinski definition) is 1. The van der Waals surface area contributed by atoms with E-state index in [4.69, 9.17) is 4.74 Å². The Morgan fingerprint density at radius 3 is 2.48 bits per heavy atom. The fourth-order valence-electron chi connectivity index (χ4n) is 4.01. The van der Waals surface area contributed by atoms with E-state index in [1.54, 1.807) is 12.1 Å². The van der Waals surface area contributed by atoms with Crippen molar-refractivity contribution < 1.29 is 13.9 Å². The van der Waals surface area contributed by atoms with Crippen LogP contribution in [0.25, 0.3) is 0 Å². The van der Waals surface area contributed by atoms with Crippen LogP contribution in [-0.2, 0) is 11.2 Å². The Bertz CT molecular complexity index is 1060. The van der Waals surface area contributed by atoms with Gasteiger partial charge in [0.2, 0.25) is 11.8 Å². The molecule has 172 valence electrons. The van der Waals surface area contributed by atoms with Crippen LogP contribution in [0.1, 0.15) is 43.9 Å². The summed E-state index contributed by atoms with van der Waals surface area (Å²) < 4.78 is 19.0. The van der Waals surface area contributed by atoms with Crippen LogP contribution in [0.5, 0.6) is 11.6 Å². The molecule has 4 rings (SSSR count). The Morgan fingerprint density at radius 1 is 1.12 bits per heavy atom. The highest BCUT2D eigenvalue weighted by atomic mass is 19.1. The summed E-state index contributed by atoms with van der Waals surface area (Å²) in [6, 6.07) is 15.9. The number of nitrogens with one attached hydrogen (secondary N) is 1. The number of carbonyl (C=O) groups is 1. The summed E-state index contributed by atoms with van der Waals surface area (Å²) in [5.41, 5.74) is 2.14. The van der Waals surface area contributed by atoms with Gasteiger partial charge in [-0.25, -0.2) is 14.4 Å². The van der Waals surface area contributed by atoms with Gasteiger partial charge >= 0.3 is 0 Å². The highest BCUT2D eigenvalue weighted by Crippen LogP contribution is 2.26. The molecule has 1 amide bonds. The Balaban J connectivity index is 1.31. The third-order valence-corrected chi connectivity index (χ3v) is 6.10. The van der Waals surface area contributed by atoms with Gasteiger partial charge in [0.25, 0.3) is 0 Å². The second-order valence-corrected chi connectivity index (χ2v) is 8.36. The second kappa shape index (κ2) is 10.4. The van der Waals surface area contributed by atoms with Gasteiger partial charge in [-0.3, -0.25) is 4.79 Å². The summed E-state index contributed by atoms with van der Waals surface area (Å²) in [7, 11) is 0. The zero-order valence-electron chi connectivity index (χ0n) is 19.0. The normalized spacial score (nSPS) is 15.2. The number of anilines is 1. The fraction of sp³-hybridized carbons (Fsp3) is 0.346. The number of amides is 1. The van der Waals surface area contributed by atoms with E-state index in [-0.39, 0.29) is 23.7 Å². The summed E-state index contributed by atoms with van der Waals surface area (Å²) in [6.07, 6.45) is 3.96. The van der Waals surface area contributed by atoms with Crippen molar-refractivity contribution in [2.45, 2.75) is 39.2 Å². The third-order valence-electron chi connectivity index (χ3n) is 6.10. The van der Waals surface area contributed by atoms with Gasteiger partial charge in [0.05, 0.1) is 6.04 Å². The molecule has 1 aliphatic heterocycles. The first-order valence-electron chi connectivity index (χ1n) is 11.4. The molecular formula is C26H29FN4O2. The summed E-state index contributed by atoms with van der Waals surface area (Å²) in [6.45, 7) is 5.49. The zero-order valence-corrected chi connectivity index (χ0v) is 19.0. The zero-order chi connectivity index (χ0) is 23.2. The van der Waals surface area contributed by atoms with Crippen molar-refractivity contribution in [2.24, 2.45) is 5.92 Å². The van der Waals surface area contributed by atoms with Gasteiger partial charge < -0.3 is 15.0 Å². The number of ether oxygens (including phenoxy) is 1. The first kappa shape index (κ1) is 22.7. The molecule has 1 fully saturated rings. The van der Waals surface area contributed by atoms with Gasteiger partial charge in [0, 0.05) is 25.1 Å². The molecule has 1 aromatic heterocycles. The van der Waals surface area contributed by atoms with Crippen LogP contribution in [0.2, 0.25) is 0 Å². The van der Waals surface area contributed by atoms with Crippen molar-refractivity contribution in [1.29, 1.82) is 0 Å². The second-order valence-electron chi connectivity index (χ2n) is 8.36. The van der Waals surface area contributed by atoms with E-state index in [0.717, 1.165) is 49.5 Å². The molecule has 2 aromatic carbocycles. The predicted octanol–water partition coefficient (Wildman–Crippen LogP) is 5.06. The van der Waals surface area contributed by atoms with E-state index in [1.165, 1.54) is 24.0 Å². The highest BCUT2D eigenvalue weighted by Gasteiger charge is 2.27. The maximum Gasteiger partial charge on any atom is 0.224 e. The summed E-state index contributed by atoms with van der Waals surface area (Å²) in [5, 5.41) is 3.06. The Labute approximate surface area is 193 Å². The number of halogens is 1. The number of aromatic nitrogens is 2. The molecule has 7 heteroatoms. The molecule has 0 saturated carbocycles. The number of aryl methyl sites for hydroxylation is 1. The number of rotatable bonds is 7. The molecule has 3 aromatic rings. The largest absolute Gasteiger partial charge is 0.439 e. The molecular weight excluding hydrogens is 419 g/mol. The van der Waals surface area contributed by atoms with E-state index in [0.29, 0.717) is 5.88 Å². The molecule has 1 saturated heterocycles. The van der Waals surface area contributed by atoms with Crippen LogP contribution in [-0.4, -0.2) is 29.0 Å². The fourth-order valence-corrected chi connectivity index (χ4v) is 4.01. The molecule has 1 unspecified atom stereocenters.